The van der Waals surface area contributed by atoms with E-state index in [4.69, 9.17) is 14.8 Å². The summed E-state index contributed by atoms with van der Waals surface area (Å²) in [4.78, 5) is 5.22. The maximum absolute atomic E-state index is 6.77. The van der Waals surface area contributed by atoms with E-state index in [2.05, 4.69) is 162 Å². The smallest absolute Gasteiger partial charge is 0.142 e. The maximum atomic E-state index is 6.77. The van der Waals surface area contributed by atoms with Crippen LogP contribution in [0.4, 0.5) is 0 Å². The van der Waals surface area contributed by atoms with Crippen LogP contribution in [-0.4, -0.2) is 23.9 Å². The molecular formula is C49H47N5O. The van der Waals surface area contributed by atoms with E-state index in [-0.39, 0.29) is 0 Å². The highest BCUT2D eigenvalue weighted by molar-refractivity contribution is 6.12. The van der Waals surface area contributed by atoms with Gasteiger partial charge >= 0.3 is 0 Å². The van der Waals surface area contributed by atoms with Crippen LogP contribution in [-0.2, 0) is 0 Å². The van der Waals surface area contributed by atoms with Gasteiger partial charge in [0.15, 0.2) is 0 Å². The molecule has 0 bridgehead atoms. The molecule has 6 heteroatoms. The maximum Gasteiger partial charge on any atom is 0.142 e. The largest absolute Gasteiger partial charge is 0.457 e. The minimum atomic E-state index is 0.323. The van der Waals surface area contributed by atoms with Crippen molar-refractivity contribution in [3.8, 4) is 28.7 Å². The number of rotatable bonds is 6. The van der Waals surface area contributed by atoms with Crippen molar-refractivity contribution in [2.45, 2.75) is 75.2 Å². The van der Waals surface area contributed by atoms with Crippen LogP contribution in [0.3, 0.4) is 0 Å². The third-order valence-corrected chi connectivity index (χ3v) is 11.2. The molecule has 0 aliphatic carbocycles. The van der Waals surface area contributed by atoms with E-state index in [1.807, 2.05) is 17.8 Å². The molecule has 0 N–H and O–H groups in total. The number of aromatic nitrogens is 5. The van der Waals surface area contributed by atoms with Crippen LogP contribution in [0.2, 0.25) is 0 Å². The van der Waals surface area contributed by atoms with Gasteiger partial charge in [-0.3, -0.25) is 4.57 Å². The normalized spacial score (nSPS) is 12.0. The Kier molecular flexibility index (Phi) is 8.01. The van der Waals surface area contributed by atoms with Gasteiger partial charge in [0.2, 0.25) is 0 Å². The van der Waals surface area contributed by atoms with Gasteiger partial charge in [0, 0.05) is 51.1 Å². The average Bonchev–Trinajstić information content (AvgIpc) is 3.76. The highest BCUT2D eigenvalue weighted by Crippen LogP contribution is 2.41. The van der Waals surface area contributed by atoms with Gasteiger partial charge in [0.05, 0.1) is 39.1 Å². The summed E-state index contributed by atoms with van der Waals surface area (Å²) in [5.74, 6) is 2.78. The lowest BCUT2D eigenvalue weighted by Gasteiger charge is -2.20. The number of benzene rings is 5. The first-order valence-corrected chi connectivity index (χ1v) is 19.3. The summed E-state index contributed by atoms with van der Waals surface area (Å²) in [7, 11) is 0. The summed E-state index contributed by atoms with van der Waals surface area (Å²) >= 11 is 0. The molecule has 4 heterocycles. The van der Waals surface area contributed by atoms with E-state index in [9.17, 15) is 0 Å². The van der Waals surface area contributed by atoms with Gasteiger partial charge in [-0.1, -0.05) is 55.3 Å². The third-order valence-electron chi connectivity index (χ3n) is 11.2. The van der Waals surface area contributed by atoms with E-state index in [0.717, 1.165) is 61.9 Å². The quantitative estimate of drug-likeness (QED) is 0.172. The molecule has 0 fully saturated rings. The van der Waals surface area contributed by atoms with E-state index >= 15 is 0 Å². The number of para-hydroxylation sites is 1. The molecular weight excluding hydrogens is 675 g/mol. The molecule has 55 heavy (non-hydrogen) atoms. The van der Waals surface area contributed by atoms with Crippen LogP contribution in [0.5, 0.6) is 11.5 Å². The molecule has 4 aromatic heterocycles. The molecule has 0 atom stereocenters. The summed E-state index contributed by atoms with van der Waals surface area (Å²) < 4.78 is 13.6. The topological polar surface area (TPSA) is 49.8 Å². The molecule has 0 saturated carbocycles. The highest BCUT2D eigenvalue weighted by atomic mass is 16.5. The van der Waals surface area contributed by atoms with E-state index in [1.54, 1.807) is 0 Å². The lowest BCUT2D eigenvalue weighted by molar-refractivity contribution is 0.481. The molecule has 0 spiro atoms. The Morgan fingerprint density at radius 2 is 1.25 bits per heavy atom. The predicted molar refractivity (Wildman–Crippen MR) is 229 cm³/mol. The van der Waals surface area contributed by atoms with Crippen molar-refractivity contribution in [1.29, 1.82) is 0 Å². The van der Waals surface area contributed by atoms with Crippen LogP contribution < -0.4 is 4.74 Å². The molecule has 0 unspecified atom stereocenters. The Morgan fingerprint density at radius 3 is 1.91 bits per heavy atom. The van der Waals surface area contributed by atoms with Gasteiger partial charge in [-0.2, -0.15) is 5.10 Å². The van der Waals surface area contributed by atoms with Crippen molar-refractivity contribution < 1.29 is 4.74 Å². The monoisotopic (exact) mass is 721 g/mol. The Morgan fingerprint density at radius 1 is 0.582 bits per heavy atom. The molecule has 0 aliphatic heterocycles. The number of hydrogen-bond acceptors (Lipinski definition) is 3. The molecule has 6 nitrogen and oxygen atoms in total. The lowest BCUT2D eigenvalue weighted by atomic mass is 10.0. The van der Waals surface area contributed by atoms with Crippen molar-refractivity contribution in [3.63, 3.8) is 0 Å². The van der Waals surface area contributed by atoms with Crippen LogP contribution >= 0.6 is 0 Å². The number of hydrogen-bond donors (Lipinski definition) is 0. The minimum absolute atomic E-state index is 0.323. The Bertz CT molecular complexity index is 2960. The van der Waals surface area contributed by atoms with Crippen LogP contribution in [0, 0.1) is 55.4 Å². The fraction of sp³-hybridized carbons (Fsp3) is 0.224. The lowest BCUT2D eigenvalue weighted by Crippen LogP contribution is -2.08. The summed E-state index contributed by atoms with van der Waals surface area (Å²) in [6.45, 7) is 21.8. The molecule has 0 aliphatic rings. The van der Waals surface area contributed by atoms with Gasteiger partial charge < -0.3 is 9.30 Å². The summed E-state index contributed by atoms with van der Waals surface area (Å²) in [5, 5.41) is 9.69. The molecule has 0 amide bonds. The average molecular weight is 722 g/mol. The SMILES string of the molecule is Cc1cc(C)c2c(c1)c1cc(C)cc(C)c1n2-c1c(C)cnc(-n2c3ccccc3c3ccc(Oc4cc(C(C)C)cc(-n5nc(C)cc5C)c4)cc32)c1C. The van der Waals surface area contributed by atoms with Crippen LogP contribution in [0.25, 0.3) is 60.8 Å². The number of pyridine rings is 1. The molecule has 5 aromatic carbocycles. The Labute approximate surface area is 322 Å². The van der Waals surface area contributed by atoms with Gasteiger partial charge in [0.25, 0.3) is 0 Å². The summed E-state index contributed by atoms with van der Waals surface area (Å²) in [5.41, 5.74) is 17.4. The van der Waals surface area contributed by atoms with Crippen molar-refractivity contribution in [2.75, 3.05) is 0 Å². The van der Waals surface area contributed by atoms with Gasteiger partial charge in [-0.05, 0) is 132 Å². The van der Waals surface area contributed by atoms with Gasteiger partial charge in [0.1, 0.15) is 17.3 Å². The van der Waals surface area contributed by atoms with Gasteiger partial charge in [-0.15, -0.1) is 0 Å². The van der Waals surface area contributed by atoms with Crippen molar-refractivity contribution >= 4 is 43.6 Å². The first-order chi connectivity index (χ1) is 26.4. The van der Waals surface area contributed by atoms with Crippen molar-refractivity contribution in [2.24, 2.45) is 0 Å². The zero-order valence-electron chi connectivity index (χ0n) is 33.5. The van der Waals surface area contributed by atoms with Crippen LogP contribution in [0.1, 0.15) is 70.1 Å². The summed E-state index contributed by atoms with van der Waals surface area (Å²) in [6, 6.07) is 32.9. The number of aryl methyl sites for hydroxylation is 7. The van der Waals surface area contributed by atoms with Crippen molar-refractivity contribution in [3.05, 3.63) is 148 Å². The predicted octanol–water partition coefficient (Wildman–Crippen LogP) is 12.8. The molecule has 9 aromatic rings. The van der Waals surface area contributed by atoms with Crippen molar-refractivity contribution in [1.82, 2.24) is 23.9 Å². The standard InChI is InChI=1S/C49H47N5O/c1-27(2)36-22-37(54-34(9)21-33(8)51-54)24-39(23-36)55-38-15-16-41-40-13-11-12-14-44(40)52(45(41)25-38)49-35(10)46(32(7)26-50-49)53-47-30(5)17-28(3)19-42(47)43-20-29(4)18-31(6)48(43)53/h11-27H,1-10H3. The Hall–Kier alpha value is -6.14. The highest BCUT2D eigenvalue weighted by Gasteiger charge is 2.23. The van der Waals surface area contributed by atoms with E-state index in [0.29, 0.717) is 5.92 Å². The second-order valence-corrected chi connectivity index (χ2v) is 15.9. The first kappa shape index (κ1) is 34.6. The van der Waals surface area contributed by atoms with Gasteiger partial charge in [-0.25, -0.2) is 9.67 Å². The molecule has 0 radical (unpaired) electrons. The minimum Gasteiger partial charge on any atom is -0.457 e. The molecule has 0 saturated heterocycles. The Balaban J connectivity index is 1.26. The van der Waals surface area contributed by atoms with E-state index in [1.165, 1.54) is 60.7 Å². The third kappa shape index (κ3) is 5.53. The molecule has 274 valence electrons. The number of ether oxygens (including phenoxy) is 1. The number of fused-ring (bicyclic) bond motifs is 6. The second-order valence-electron chi connectivity index (χ2n) is 15.9. The second kappa shape index (κ2) is 12.7. The first-order valence-electron chi connectivity index (χ1n) is 19.3. The zero-order valence-corrected chi connectivity index (χ0v) is 33.5. The summed E-state index contributed by atoms with van der Waals surface area (Å²) in [6.07, 6.45) is 2.04. The zero-order chi connectivity index (χ0) is 38.4. The fourth-order valence-corrected chi connectivity index (χ4v) is 8.94. The number of nitrogens with zero attached hydrogens (tertiary/aromatic N) is 5. The van der Waals surface area contributed by atoms with E-state index < -0.39 is 0 Å². The molecule has 9 rings (SSSR count). The fourth-order valence-electron chi connectivity index (χ4n) is 8.94. The van der Waals surface area contributed by atoms with Crippen LogP contribution in [0.15, 0.2) is 97.2 Å².